The summed E-state index contributed by atoms with van der Waals surface area (Å²) in [5, 5.41) is 8.31. The molecule has 0 aromatic heterocycles. The molecular weight excluding hydrogens is 325 g/mol. The third-order valence-corrected chi connectivity index (χ3v) is 3.95. The van der Waals surface area contributed by atoms with Crippen LogP contribution in [0.3, 0.4) is 0 Å². The number of amides is 2. The SMILES string of the molecule is C[C@H]1OCCN[C@@H]1C(=O)Nc1cc2c(cc1F)CCC(=O)N2.Cl. The first-order chi connectivity index (χ1) is 10.5. The lowest BCUT2D eigenvalue weighted by Crippen LogP contribution is -2.53. The molecule has 1 saturated heterocycles. The van der Waals surface area contributed by atoms with Gasteiger partial charge in [-0.05, 0) is 31.0 Å². The van der Waals surface area contributed by atoms with E-state index in [2.05, 4.69) is 16.0 Å². The van der Waals surface area contributed by atoms with Crippen molar-refractivity contribution in [1.82, 2.24) is 5.32 Å². The molecule has 8 heteroatoms. The van der Waals surface area contributed by atoms with Crippen molar-refractivity contribution in [2.75, 3.05) is 23.8 Å². The van der Waals surface area contributed by atoms with Crippen molar-refractivity contribution in [3.8, 4) is 0 Å². The number of hydrogen-bond acceptors (Lipinski definition) is 4. The average molecular weight is 344 g/mol. The van der Waals surface area contributed by atoms with Gasteiger partial charge in [-0.25, -0.2) is 4.39 Å². The van der Waals surface area contributed by atoms with Crippen molar-refractivity contribution in [1.29, 1.82) is 0 Å². The normalized spacial score (nSPS) is 23.3. The summed E-state index contributed by atoms with van der Waals surface area (Å²) < 4.78 is 19.5. The summed E-state index contributed by atoms with van der Waals surface area (Å²) in [6.45, 7) is 2.91. The summed E-state index contributed by atoms with van der Waals surface area (Å²) in [7, 11) is 0. The number of rotatable bonds is 2. The van der Waals surface area contributed by atoms with E-state index in [-0.39, 0.29) is 36.0 Å². The van der Waals surface area contributed by atoms with Crippen LogP contribution >= 0.6 is 12.4 Å². The number of aryl methyl sites for hydroxylation is 1. The number of morpholine rings is 1. The van der Waals surface area contributed by atoms with E-state index in [1.165, 1.54) is 12.1 Å². The molecule has 3 N–H and O–H groups in total. The molecule has 0 aliphatic carbocycles. The van der Waals surface area contributed by atoms with E-state index in [1.54, 1.807) is 6.92 Å². The van der Waals surface area contributed by atoms with E-state index >= 15 is 0 Å². The molecule has 1 aromatic carbocycles. The standard InChI is InChI=1S/C15H18FN3O3.ClH/c1-8-14(17-4-5-22-8)15(21)19-12-7-11-9(6-10(12)16)2-3-13(20)18-11;/h6-8,14,17H,2-5H2,1H3,(H,18,20)(H,19,21);1H/t8-,14+;/m1./s1. The Morgan fingerprint density at radius 3 is 2.91 bits per heavy atom. The van der Waals surface area contributed by atoms with Crippen LogP contribution in [0.4, 0.5) is 15.8 Å². The second kappa shape index (κ2) is 7.25. The number of hydrogen-bond donors (Lipinski definition) is 3. The predicted molar refractivity (Wildman–Crippen MR) is 86.4 cm³/mol. The van der Waals surface area contributed by atoms with Crippen LogP contribution < -0.4 is 16.0 Å². The zero-order valence-electron chi connectivity index (χ0n) is 12.6. The molecule has 2 heterocycles. The lowest BCUT2D eigenvalue weighted by Gasteiger charge is -2.29. The number of fused-ring (bicyclic) bond motifs is 1. The topological polar surface area (TPSA) is 79.5 Å². The highest BCUT2D eigenvalue weighted by molar-refractivity contribution is 5.98. The third-order valence-electron chi connectivity index (χ3n) is 3.95. The zero-order chi connectivity index (χ0) is 15.7. The van der Waals surface area contributed by atoms with Gasteiger partial charge in [0, 0.05) is 18.7 Å². The maximum atomic E-state index is 14.1. The predicted octanol–water partition coefficient (Wildman–Crippen LogP) is 1.45. The van der Waals surface area contributed by atoms with Gasteiger partial charge in [0.25, 0.3) is 0 Å². The number of anilines is 2. The van der Waals surface area contributed by atoms with E-state index in [0.717, 1.165) is 5.56 Å². The van der Waals surface area contributed by atoms with Crippen molar-refractivity contribution in [3.63, 3.8) is 0 Å². The van der Waals surface area contributed by atoms with Gasteiger partial charge in [0.05, 0.1) is 18.4 Å². The molecule has 2 atom stereocenters. The highest BCUT2D eigenvalue weighted by Crippen LogP contribution is 2.28. The minimum absolute atomic E-state index is 0. The van der Waals surface area contributed by atoms with Crippen LogP contribution in [-0.2, 0) is 20.7 Å². The molecule has 0 saturated carbocycles. The van der Waals surface area contributed by atoms with Gasteiger partial charge in [0.2, 0.25) is 11.8 Å². The summed E-state index contributed by atoms with van der Waals surface area (Å²) in [5.41, 5.74) is 1.35. The summed E-state index contributed by atoms with van der Waals surface area (Å²) in [6, 6.07) is 2.30. The molecule has 6 nitrogen and oxygen atoms in total. The third kappa shape index (κ3) is 3.80. The first kappa shape index (κ1) is 17.7. The van der Waals surface area contributed by atoms with Gasteiger partial charge in [0.15, 0.2) is 0 Å². The molecule has 23 heavy (non-hydrogen) atoms. The van der Waals surface area contributed by atoms with Gasteiger partial charge < -0.3 is 20.7 Å². The Hall–Kier alpha value is -1.70. The minimum atomic E-state index is -0.529. The summed E-state index contributed by atoms with van der Waals surface area (Å²) >= 11 is 0. The van der Waals surface area contributed by atoms with Crippen LogP contribution in [0.5, 0.6) is 0 Å². The maximum Gasteiger partial charge on any atom is 0.244 e. The van der Waals surface area contributed by atoms with Crippen LogP contribution in [-0.4, -0.2) is 37.1 Å². The van der Waals surface area contributed by atoms with Crippen LogP contribution in [0.1, 0.15) is 18.9 Å². The zero-order valence-corrected chi connectivity index (χ0v) is 13.5. The molecule has 126 valence electrons. The van der Waals surface area contributed by atoms with Gasteiger partial charge in [-0.2, -0.15) is 0 Å². The van der Waals surface area contributed by atoms with Crippen LogP contribution in [0.15, 0.2) is 12.1 Å². The Balaban J connectivity index is 0.00000192. The van der Waals surface area contributed by atoms with Crippen molar-refractivity contribution in [2.45, 2.75) is 31.9 Å². The maximum absolute atomic E-state index is 14.1. The van der Waals surface area contributed by atoms with Crippen molar-refractivity contribution in [2.24, 2.45) is 0 Å². The van der Waals surface area contributed by atoms with E-state index in [1.807, 2.05) is 0 Å². The van der Waals surface area contributed by atoms with Gasteiger partial charge in [-0.1, -0.05) is 0 Å². The average Bonchev–Trinajstić information content (AvgIpc) is 2.49. The lowest BCUT2D eigenvalue weighted by atomic mass is 10.0. The van der Waals surface area contributed by atoms with E-state index in [0.29, 0.717) is 31.7 Å². The van der Waals surface area contributed by atoms with Crippen molar-refractivity contribution in [3.05, 3.63) is 23.5 Å². The Morgan fingerprint density at radius 1 is 1.39 bits per heavy atom. The second-order valence-electron chi connectivity index (χ2n) is 5.53. The fraction of sp³-hybridized carbons (Fsp3) is 0.467. The molecule has 0 bridgehead atoms. The number of benzene rings is 1. The van der Waals surface area contributed by atoms with E-state index in [4.69, 9.17) is 4.74 Å². The molecule has 2 amide bonds. The monoisotopic (exact) mass is 343 g/mol. The minimum Gasteiger partial charge on any atom is -0.375 e. The van der Waals surface area contributed by atoms with E-state index < -0.39 is 11.9 Å². The van der Waals surface area contributed by atoms with Crippen LogP contribution in [0.25, 0.3) is 0 Å². The van der Waals surface area contributed by atoms with Gasteiger partial charge in [-0.15, -0.1) is 12.4 Å². The molecule has 0 spiro atoms. The Morgan fingerprint density at radius 2 is 2.17 bits per heavy atom. The van der Waals surface area contributed by atoms with Crippen molar-refractivity contribution >= 4 is 35.6 Å². The Bertz CT molecular complexity index is 626. The summed E-state index contributed by atoms with van der Waals surface area (Å²) in [5.74, 6) is -0.965. The number of halogens is 2. The molecule has 0 unspecified atom stereocenters. The summed E-state index contributed by atoms with van der Waals surface area (Å²) in [6.07, 6.45) is 0.564. The molecule has 3 rings (SSSR count). The van der Waals surface area contributed by atoms with Crippen LogP contribution in [0.2, 0.25) is 0 Å². The smallest absolute Gasteiger partial charge is 0.244 e. The van der Waals surface area contributed by atoms with Crippen molar-refractivity contribution < 1.29 is 18.7 Å². The highest BCUT2D eigenvalue weighted by atomic mass is 35.5. The van der Waals surface area contributed by atoms with Gasteiger partial charge in [-0.3, -0.25) is 9.59 Å². The van der Waals surface area contributed by atoms with Gasteiger partial charge >= 0.3 is 0 Å². The fourth-order valence-corrected chi connectivity index (χ4v) is 2.73. The molecule has 1 fully saturated rings. The number of nitrogens with one attached hydrogen (secondary N) is 3. The molecule has 2 aliphatic heterocycles. The molecular formula is C15H19ClFN3O3. The molecule has 1 aromatic rings. The molecule has 2 aliphatic rings. The Kier molecular flexibility index (Phi) is 5.56. The fourth-order valence-electron chi connectivity index (χ4n) is 2.73. The van der Waals surface area contributed by atoms with Gasteiger partial charge in [0.1, 0.15) is 11.9 Å². The first-order valence-electron chi connectivity index (χ1n) is 7.33. The lowest BCUT2D eigenvalue weighted by molar-refractivity contribution is -0.123. The quantitative estimate of drug-likeness (QED) is 0.759. The highest BCUT2D eigenvalue weighted by Gasteiger charge is 2.29. The Labute approximate surface area is 139 Å². The largest absolute Gasteiger partial charge is 0.375 e. The number of carbonyl (C=O) groups is 2. The molecule has 0 radical (unpaired) electrons. The van der Waals surface area contributed by atoms with Crippen LogP contribution in [0, 0.1) is 5.82 Å². The second-order valence-corrected chi connectivity index (χ2v) is 5.53. The first-order valence-corrected chi connectivity index (χ1v) is 7.33. The summed E-state index contributed by atoms with van der Waals surface area (Å²) in [4.78, 5) is 23.7. The number of carbonyl (C=O) groups excluding carboxylic acids is 2. The number of ether oxygens (including phenoxy) is 1. The van der Waals surface area contributed by atoms with E-state index in [9.17, 15) is 14.0 Å².